The molecule has 0 radical (unpaired) electrons. The summed E-state index contributed by atoms with van der Waals surface area (Å²) in [6.45, 7) is 3.40. The first-order valence-electron chi connectivity index (χ1n) is 5.98. The van der Waals surface area contributed by atoms with Crippen LogP contribution in [0.2, 0.25) is 0 Å². The van der Waals surface area contributed by atoms with E-state index in [2.05, 4.69) is 26.3 Å². The Morgan fingerprint density at radius 1 is 1.56 bits per heavy atom. The molecule has 1 aromatic rings. The predicted molar refractivity (Wildman–Crippen MR) is 74.1 cm³/mol. The molecule has 1 atom stereocenters. The first-order valence-corrected chi connectivity index (χ1v) is 8.59. The molecule has 0 amide bonds. The highest BCUT2D eigenvalue weighted by molar-refractivity contribution is 9.10. The van der Waals surface area contributed by atoms with Crippen molar-refractivity contribution >= 4 is 25.8 Å². The molecule has 7 heteroatoms. The molecule has 0 aliphatic carbocycles. The SMILES string of the molecule is Cc1nn(C)c(CNCC2CCS(=O)(=O)C2)c1Br. The van der Waals surface area contributed by atoms with Gasteiger partial charge in [0.15, 0.2) is 9.84 Å². The molecule has 2 heterocycles. The third kappa shape index (κ3) is 3.13. The van der Waals surface area contributed by atoms with Gasteiger partial charge in [-0.3, -0.25) is 4.68 Å². The lowest BCUT2D eigenvalue weighted by Gasteiger charge is -2.10. The molecule has 1 N–H and O–H groups in total. The molecule has 0 aromatic carbocycles. The number of nitrogens with zero attached hydrogens (tertiary/aromatic N) is 2. The number of hydrogen-bond acceptors (Lipinski definition) is 4. The van der Waals surface area contributed by atoms with Crippen molar-refractivity contribution < 1.29 is 8.42 Å². The van der Waals surface area contributed by atoms with Gasteiger partial charge >= 0.3 is 0 Å². The van der Waals surface area contributed by atoms with Gasteiger partial charge in [0.05, 0.1) is 27.4 Å². The van der Waals surface area contributed by atoms with Gasteiger partial charge in [0.25, 0.3) is 0 Å². The van der Waals surface area contributed by atoms with Crippen molar-refractivity contribution in [3.8, 4) is 0 Å². The summed E-state index contributed by atoms with van der Waals surface area (Å²) in [7, 11) is -0.858. The minimum atomic E-state index is -2.77. The first-order chi connectivity index (χ1) is 8.39. The van der Waals surface area contributed by atoms with Crippen molar-refractivity contribution in [2.75, 3.05) is 18.1 Å². The molecule has 0 saturated carbocycles. The third-order valence-electron chi connectivity index (χ3n) is 3.31. The summed E-state index contributed by atoms with van der Waals surface area (Å²) in [6.07, 6.45) is 0.779. The molecule has 1 unspecified atom stereocenters. The number of nitrogens with one attached hydrogen (secondary N) is 1. The molecule has 5 nitrogen and oxygen atoms in total. The van der Waals surface area contributed by atoms with Crippen LogP contribution >= 0.6 is 15.9 Å². The van der Waals surface area contributed by atoms with Gasteiger partial charge in [0, 0.05) is 13.6 Å². The minimum absolute atomic E-state index is 0.253. The summed E-state index contributed by atoms with van der Waals surface area (Å²) in [5, 5.41) is 7.64. The fourth-order valence-electron chi connectivity index (χ4n) is 2.30. The van der Waals surface area contributed by atoms with E-state index in [1.165, 1.54) is 0 Å². The Kier molecular flexibility index (Phi) is 4.13. The normalized spacial score (nSPS) is 22.5. The Bertz CT molecular complexity index is 539. The van der Waals surface area contributed by atoms with Gasteiger partial charge in [-0.1, -0.05) is 0 Å². The van der Waals surface area contributed by atoms with Gasteiger partial charge in [-0.25, -0.2) is 8.42 Å². The van der Waals surface area contributed by atoms with E-state index in [1.54, 1.807) is 0 Å². The summed E-state index contributed by atoms with van der Waals surface area (Å²) in [5.74, 6) is 0.919. The van der Waals surface area contributed by atoms with Crippen molar-refractivity contribution in [1.82, 2.24) is 15.1 Å². The molecule has 102 valence electrons. The second-order valence-electron chi connectivity index (χ2n) is 4.87. The van der Waals surface area contributed by atoms with Crippen LogP contribution in [0.1, 0.15) is 17.8 Å². The van der Waals surface area contributed by atoms with E-state index in [0.717, 1.165) is 28.8 Å². The molecular formula is C11H18BrN3O2S. The van der Waals surface area contributed by atoms with Gasteiger partial charge in [0.2, 0.25) is 0 Å². The van der Waals surface area contributed by atoms with E-state index in [0.29, 0.717) is 18.1 Å². The average molecular weight is 336 g/mol. The highest BCUT2D eigenvalue weighted by Gasteiger charge is 2.27. The molecule has 18 heavy (non-hydrogen) atoms. The van der Waals surface area contributed by atoms with Crippen molar-refractivity contribution in [2.45, 2.75) is 19.9 Å². The van der Waals surface area contributed by atoms with Gasteiger partial charge in [0.1, 0.15) is 0 Å². The number of aryl methyl sites for hydroxylation is 2. The highest BCUT2D eigenvalue weighted by Crippen LogP contribution is 2.21. The number of hydrogen-bond donors (Lipinski definition) is 1. The average Bonchev–Trinajstić information content (AvgIpc) is 2.73. The second-order valence-corrected chi connectivity index (χ2v) is 7.89. The molecule has 1 saturated heterocycles. The van der Waals surface area contributed by atoms with E-state index < -0.39 is 9.84 Å². The van der Waals surface area contributed by atoms with Gasteiger partial charge < -0.3 is 5.32 Å². The van der Waals surface area contributed by atoms with E-state index in [9.17, 15) is 8.42 Å². The van der Waals surface area contributed by atoms with Crippen molar-refractivity contribution in [2.24, 2.45) is 13.0 Å². The maximum Gasteiger partial charge on any atom is 0.150 e. The van der Waals surface area contributed by atoms with E-state index in [1.807, 2.05) is 18.7 Å². The Morgan fingerprint density at radius 2 is 2.28 bits per heavy atom. The van der Waals surface area contributed by atoms with Crippen LogP contribution in [-0.4, -0.2) is 36.2 Å². The van der Waals surface area contributed by atoms with E-state index >= 15 is 0 Å². The predicted octanol–water partition coefficient (Wildman–Crippen LogP) is 1.02. The first kappa shape index (κ1) is 14.0. The summed E-state index contributed by atoms with van der Waals surface area (Å²) < 4.78 is 25.5. The number of halogens is 1. The zero-order chi connectivity index (χ0) is 13.3. The summed E-state index contributed by atoms with van der Waals surface area (Å²) in [4.78, 5) is 0. The van der Waals surface area contributed by atoms with Crippen molar-refractivity contribution in [3.63, 3.8) is 0 Å². The number of aromatic nitrogens is 2. The molecule has 2 rings (SSSR count). The summed E-state index contributed by atoms with van der Waals surface area (Å²) in [5.41, 5.74) is 2.06. The molecule has 1 aliphatic heterocycles. The van der Waals surface area contributed by atoms with Crippen LogP contribution < -0.4 is 5.32 Å². The van der Waals surface area contributed by atoms with Crippen LogP contribution in [0.4, 0.5) is 0 Å². The van der Waals surface area contributed by atoms with Crippen molar-refractivity contribution in [3.05, 3.63) is 15.9 Å². The summed E-state index contributed by atoms with van der Waals surface area (Å²) >= 11 is 3.51. The van der Waals surface area contributed by atoms with E-state index in [-0.39, 0.29) is 5.92 Å². The lowest BCUT2D eigenvalue weighted by atomic mass is 10.1. The fraction of sp³-hybridized carbons (Fsp3) is 0.727. The highest BCUT2D eigenvalue weighted by atomic mass is 79.9. The Balaban J connectivity index is 1.86. The fourth-order valence-corrected chi connectivity index (χ4v) is 4.64. The van der Waals surface area contributed by atoms with Crippen LogP contribution in [0.25, 0.3) is 0 Å². The standard InChI is InChI=1S/C11H18BrN3O2S/c1-8-11(12)10(15(2)14-8)6-13-5-9-3-4-18(16,17)7-9/h9,13H,3-7H2,1-2H3. The zero-order valence-electron chi connectivity index (χ0n) is 10.6. The smallest absolute Gasteiger partial charge is 0.150 e. The molecule has 1 aliphatic rings. The monoisotopic (exact) mass is 335 g/mol. The van der Waals surface area contributed by atoms with Crippen LogP contribution in [0.3, 0.4) is 0 Å². The van der Waals surface area contributed by atoms with Crippen molar-refractivity contribution in [1.29, 1.82) is 0 Å². The van der Waals surface area contributed by atoms with Gasteiger partial charge in [-0.15, -0.1) is 0 Å². The van der Waals surface area contributed by atoms with Crippen LogP contribution in [-0.2, 0) is 23.4 Å². The maximum atomic E-state index is 11.3. The molecular weight excluding hydrogens is 318 g/mol. The molecule has 0 bridgehead atoms. The third-order valence-corrected chi connectivity index (χ3v) is 6.18. The van der Waals surface area contributed by atoms with Gasteiger partial charge in [-0.2, -0.15) is 5.10 Å². The maximum absolute atomic E-state index is 11.3. The molecule has 1 fully saturated rings. The number of rotatable bonds is 4. The topological polar surface area (TPSA) is 64.0 Å². The molecule has 1 aromatic heterocycles. The Morgan fingerprint density at radius 3 is 2.78 bits per heavy atom. The zero-order valence-corrected chi connectivity index (χ0v) is 13.0. The van der Waals surface area contributed by atoms with Crippen LogP contribution in [0, 0.1) is 12.8 Å². The lowest BCUT2D eigenvalue weighted by molar-refractivity contribution is 0.509. The Labute approximate surface area is 116 Å². The quantitative estimate of drug-likeness (QED) is 0.892. The van der Waals surface area contributed by atoms with Crippen LogP contribution in [0.5, 0.6) is 0 Å². The lowest BCUT2D eigenvalue weighted by Crippen LogP contribution is -2.24. The number of sulfone groups is 1. The summed E-state index contributed by atoms with van der Waals surface area (Å²) in [6, 6.07) is 0. The Hall–Kier alpha value is -0.400. The second kappa shape index (κ2) is 5.30. The molecule has 0 spiro atoms. The minimum Gasteiger partial charge on any atom is -0.311 e. The van der Waals surface area contributed by atoms with Gasteiger partial charge in [-0.05, 0) is 41.7 Å². The largest absolute Gasteiger partial charge is 0.311 e. The van der Waals surface area contributed by atoms with Crippen LogP contribution in [0.15, 0.2) is 4.47 Å². The van der Waals surface area contributed by atoms with E-state index in [4.69, 9.17) is 0 Å².